The predicted octanol–water partition coefficient (Wildman–Crippen LogP) is -1.92. The fourth-order valence-corrected chi connectivity index (χ4v) is 1.01. The van der Waals surface area contributed by atoms with Crippen molar-refractivity contribution in [3.63, 3.8) is 0 Å². The third kappa shape index (κ3) is 5.74. The summed E-state index contributed by atoms with van der Waals surface area (Å²) in [5.41, 5.74) is -1.15. The van der Waals surface area contributed by atoms with Crippen LogP contribution in [0.4, 0.5) is 0 Å². The Morgan fingerprint density at radius 3 is 2.00 bits per heavy atom. The number of β-amino-alcohol motifs (C(OH)–C–C–N with tert-alkyl or cyclic N) is 1. The van der Waals surface area contributed by atoms with Gasteiger partial charge in [0.1, 0.15) is 0 Å². The van der Waals surface area contributed by atoms with E-state index >= 15 is 0 Å². The number of aliphatic hydroxyl groups is 4. The second-order valence-electron chi connectivity index (χ2n) is 4.17. The molecule has 0 rings (SSSR count). The highest BCUT2D eigenvalue weighted by Crippen LogP contribution is 2.02. The van der Waals surface area contributed by atoms with Crippen LogP contribution in [0.15, 0.2) is 0 Å². The molecule has 0 aromatic carbocycles. The summed E-state index contributed by atoms with van der Waals surface area (Å²) < 4.78 is 5.19. The minimum Gasteiger partial charge on any atom is -0.394 e. The van der Waals surface area contributed by atoms with E-state index in [0.29, 0.717) is 0 Å². The normalized spacial score (nSPS) is 14.4. The molecule has 0 radical (unpaired) electrons. The van der Waals surface area contributed by atoms with Gasteiger partial charge in [0.2, 0.25) is 0 Å². The van der Waals surface area contributed by atoms with Gasteiger partial charge in [0.15, 0.2) is 0 Å². The number of hydrogen-bond acceptors (Lipinski definition) is 6. The van der Waals surface area contributed by atoms with Crippen molar-refractivity contribution in [1.29, 1.82) is 0 Å². The highest BCUT2D eigenvalue weighted by atomic mass is 16.5. The summed E-state index contributed by atoms with van der Waals surface area (Å²) in [4.78, 5) is 0. The van der Waals surface area contributed by atoms with Crippen molar-refractivity contribution in [3.05, 3.63) is 0 Å². The molecular formula is C10H23NO5. The van der Waals surface area contributed by atoms with Crippen molar-refractivity contribution in [1.82, 2.24) is 5.32 Å². The van der Waals surface area contributed by atoms with Crippen LogP contribution in [0, 0.1) is 0 Å². The van der Waals surface area contributed by atoms with Gasteiger partial charge in [-0.3, -0.25) is 0 Å². The Morgan fingerprint density at radius 2 is 1.62 bits per heavy atom. The number of rotatable bonds is 9. The van der Waals surface area contributed by atoms with Gasteiger partial charge in [0.25, 0.3) is 0 Å². The van der Waals surface area contributed by atoms with Crippen LogP contribution in [-0.4, -0.2) is 71.1 Å². The first-order valence-corrected chi connectivity index (χ1v) is 5.37. The van der Waals surface area contributed by atoms with Crippen molar-refractivity contribution in [2.75, 3.05) is 33.0 Å². The Morgan fingerprint density at radius 1 is 1.12 bits per heavy atom. The molecule has 0 aromatic rings. The molecule has 0 fully saturated rings. The first kappa shape index (κ1) is 15.8. The zero-order chi connectivity index (χ0) is 12.6. The van der Waals surface area contributed by atoms with Gasteiger partial charge in [-0.25, -0.2) is 0 Å². The molecule has 0 bridgehead atoms. The summed E-state index contributed by atoms with van der Waals surface area (Å²) >= 11 is 0. The van der Waals surface area contributed by atoms with Crippen molar-refractivity contribution in [2.45, 2.75) is 31.6 Å². The Hall–Kier alpha value is -0.240. The van der Waals surface area contributed by atoms with Crippen LogP contribution >= 0.6 is 0 Å². The van der Waals surface area contributed by atoms with Crippen LogP contribution < -0.4 is 5.32 Å². The Bertz CT molecular complexity index is 164. The van der Waals surface area contributed by atoms with Crippen LogP contribution in [0.3, 0.4) is 0 Å². The van der Waals surface area contributed by atoms with E-state index in [4.69, 9.17) is 20.1 Å². The maximum atomic E-state index is 9.52. The molecule has 0 amide bonds. The van der Waals surface area contributed by atoms with Gasteiger partial charge < -0.3 is 30.5 Å². The molecule has 5 N–H and O–H groups in total. The zero-order valence-corrected chi connectivity index (χ0v) is 9.89. The van der Waals surface area contributed by atoms with E-state index in [1.807, 2.05) is 13.8 Å². The molecule has 0 saturated carbocycles. The van der Waals surface area contributed by atoms with Crippen LogP contribution in [0.25, 0.3) is 0 Å². The standard InChI is InChI=1S/C10H23NO5/c1-8(2)16-4-9(15)3-11-10(5-12,6-13)7-14/h8-9,11-15H,3-7H2,1-2H3. The second kappa shape index (κ2) is 7.94. The summed E-state index contributed by atoms with van der Waals surface area (Å²) in [5, 5.41) is 39.3. The third-order valence-electron chi connectivity index (χ3n) is 2.24. The predicted molar refractivity (Wildman–Crippen MR) is 59.1 cm³/mol. The number of ether oxygens (including phenoxy) is 1. The molecule has 0 aliphatic carbocycles. The summed E-state index contributed by atoms with van der Waals surface area (Å²) in [6.07, 6.45) is -0.709. The fraction of sp³-hybridized carbons (Fsp3) is 1.00. The van der Waals surface area contributed by atoms with Crippen molar-refractivity contribution < 1.29 is 25.2 Å². The summed E-state index contributed by atoms with van der Waals surface area (Å²) in [6.45, 7) is 2.81. The molecular weight excluding hydrogens is 214 g/mol. The van der Waals surface area contributed by atoms with Gasteiger partial charge in [-0.1, -0.05) is 0 Å². The molecule has 98 valence electrons. The molecule has 0 spiro atoms. The van der Waals surface area contributed by atoms with Gasteiger partial charge in [-0.2, -0.15) is 0 Å². The van der Waals surface area contributed by atoms with Crippen molar-refractivity contribution in [3.8, 4) is 0 Å². The second-order valence-corrected chi connectivity index (χ2v) is 4.17. The van der Waals surface area contributed by atoms with Crippen molar-refractivity contribution >= 4 is 0 Å². The molecule has 1 unspecified atom stereocenters. The molecule has 1 atom stereocenters. The van der Waals surface area contributed by atoms with E-state index in [2.05, 4.69) is 5.32 Å². The fourth-order valence-electron chi connectivity index (χ4n) is 1.01. The lowest BCUT2D eigenvalue weighted by Crippen LogP contribution is -2.57. The Kier molecular flexibility index (Phi) is 7.82. The smallest absolute Gasteiger partial charge is 0.0898 e. The molecule has 0 aromatic heterocycles. The van der Waals surface area contributed by atoms with E-state index < -0.39 is 31.5 Å². The SMILES string of the molecule is CC(C)OCC(O)CNC(CO)(CO)CO. The summed E-state index contributed by atoms with van der Waals surface area (Å²) in [7, 11) is 0. The Balaban J connectivity index is 3.91. The van der Waals surface area contributed by atoms with E-state index in [-0.39, 0.29) is 19.3 Å². The summed E-state index contributed by atoms with van der Waals surface area (Å²) in [5.74, 6) is 0. The van der Waals surface area contributed by atoms with E-state index in [1.54, 1.807) is 0 Å². The lowest BCUT2D eigenvalue weighted by Gasteiger charge is -2.30. The highest BCUT2D eigenvalue weighted by Gasteiger charge is 2.27. The molecule has 6 heteroatoms. The van der Waals surface area contributed by atoms with Gasteiger partial charge in [-0.15, -0.1) is 0 Å². The zero-order valence-electron chi connectivity index (χ0n) is 9.89. The molecule has 0 aliphatic rings. The number of aliphatic hydroxyl groups excluding tert-OH is 4. The summed E-state index contributed by atoms with van der Waals surface area (Å²) in [6, 6.07) is 0. The lowest BCUT2D eigenvalue weighted by atomic mass is 10.0. The topological polar surface area (TPSA) is 102 Å². The van der Waals surface area contributed by atoms with Crippen LogP contribution in [-0.2, 0) is 4.74 Å². The molecule has 0 heterocycles. The minimum atomic E-state index is -1.15. The average molecular weight is 237 g/mol. The highest BCUT2D eigenvalue weighted by molar-refractivity contribution is 4.86. The average Bonchev–Trinajstić information content (AvgIpc) is 2.29. The minimum absolute atomic E-state index is 0.0351. The van der Waals surface area contributed by atoms with E-state index in [0.717, 1.165) is 0 Å². The van der Waals surface area contributed by atoms with Crippen molar-refractivity contribution in [2.24, 2.45) is 0 Å². The molecule has 6 nitrogen and oxygen atoms in total. The van der Waals surface area contributed by atoms with Crippen LogP contribution in [0.1, 0.15) is 13.8 Å². The van der Waals surface area contributed by atoms with Gasteiger partial charge in [0.05, 0.1) is 44.2 Å². The number of nitrogens with one attached hydrogen (secondary N) is 1. The van der Waals surface area contributed by atoms with Gasteiger partial charge in [0, 0.05) is 6.54 Å². The quantitative estimate of drug-likeness (QED) is 0.320. The maximum absolute atomic E-state index is 9.52. The van der Waals surface area contributed by atoms with E-state index in [9.17, 15) is 5.11 Å². The molecule has 0 saturated heterocycles. The largest absolute Gasteiger partial charge is 0.394 e. The van der Waals surface area contributed by atoms with Gasteiger partial charge >= 0.3 is 0 Å². The Labute approximate surface area is 95.9 Å². The third-order valence-corrected chi connectivity index (χ3v) is 2.24. The number of hydrogen-bond donors (Lipinski definition) is 5. The monoisotopic (exact) mass is 237 g/mol. The van der Waals surface area contributed by atoms with Crippen LogP contribution in [0.5, 0.6) is 0 Å². The van der Waals surface area contributed by atoms with Crippen LogP contribution in [0.2, 0.25) is 0 Å². The van der Waals surface area contributed by atoms with E-state index in [1.165, 1.54) is 0 Å². The molecule has 16 heavy (non-hydrogen) atoms. The maximum Gasteiger partial charge on any atom is 0.0898 e. The van der Waals surface area contributed by atoms with Gasteiger partial charge in [-0.05, 0) is 13.8 Å². The first-order valence-electron chi connectivity index (χ1n) is 5.37. The first-order chi connectivity index (χ1) is 7.49. The molecule has 0 aliphatic heterocycles. The lowest BCUT2D eigenvalue weighted by molar-refractivity contribution is -0.00883.